The first-order chi connectivity index (χ1) is 10.1. The fourth-order valence-electron chi connectivity index (χ4n) is 1.79. The molecule has 0 N–H and O–H groups in total. The van der Waals surface area contributed by atoms with Gasteiger partial charge in [0, 0.05) is 4.47 Å². The molecule has 4 nitrogen and oxygen atoms in total. The quantitative estimate of drug-likeness (QED) is 0.609. The van der Waals surface area contributed by atoms with Gasteiger partial charge in [-0.15, -0.1) is 0 Å². The van der Waals surface area contributed by atoms with Gasteiger partial charge in [0.05, 0.1) is 19.1 Å². The van der Waals surface area contributed by atoms with E-state index in [9.17, 15) is 9.59 Å². The van der Waals surface area contributed by atoms with Crippen LogP contribution in [0.3, 0.4) is 0 Å². The van der Waals surface area contributed by atoms with Crippen molar-refractivity contribution in [2.45, 2.75) is 6.42 Å². The summed E-state index contributed by atoms with van der Waals surface area (Å²) in [4.78, 5) is 22.3. The first-order valence-electron chi connectivity index (χ1n) is 6.20. The molecule has 2 aromatic rings. The summed E-state index contributed by atoms with van der Waals surface area (Å²) in [7, 11) is 1.35. The highest BCUT2D eigenvalue weighted by molar-refractivity contribution is 9.10. The highest BCUT2D eigenvalue weighted by Gasteiger charge is 2.07. The normalized spacial score (nSPS) is 10.0. The average Bonchev–Trinajstić information content (AvgIpc) is 2.49. The van der Waals surface area contributed by atoms with E-state index in [2.05, 4.69) is 20.7 Å². The second kappa shape index (κ2) is 7.04. The number of rotatable bonds is 5. The lowest BCUT2D eigenvalue weighted by molar-refractivity contribution is -0.139. The van der Waals surface area contributed by atoms with Gasteiger partial charge in [-0.3, -0.25) is 9.59 Å². The van der Waals surface area contributed by atoms with Gasteiger partial charge in [-0.1, -0.05) is 28.1 Å². The van der Waals surface area contributed by atoms with Crippen LogP contribution >= 0.6 is 15.9 Å². The molecule has 2 aromatic carbocycles. The third-order valence-electron chi connectivity index (χ3n) is 2.80. The van der Waals surface area contributed by atoms with Crippen molar-refractivity contribution in [3.05, 3.63) is 58.1 Å². The Kier molecular flexibility index (Phi) is 5.11. The Morgan fingerprint density at radius 3 is 2.76 bits per heavy atom. The third kappa shape index (κ3) is 4.16. The molecule has 0 spiro atoms. The highest BCUT2D eigenvalue weighted by Crippen LogP contribution is 2.27. The van der Waals surface area contributed by atoms with Gasteiger partial charge in [-0.25, -0.2) is 0 Å². The van der Waals surface area contributed by atoms with Crippen LogP contribution in [-0.2, 0) is 16.0 Å². The molecule has 0 saturated carbocycles. The molecule has 0 aliphatic carbocycles. The minimum atomic E-state index is -0.315. The summed E-state index contributed by atoms with van der Waals surface area (Å²) in [5.41, 5.74) is 1.23. The van der Waals surface area contributed by atoms with Crippen LogP contribution in [0.15, 0.2) is 46.9 Å². The van der Waals surface area contributed by atoms with E-state index in [0.29, 0.717) is 17.1 Å². The molecule has 21 heavy (non-hydrogen) atoms. The molecular weight excluding hydrogens is 336 g/mol. The van der Waals surface area contributed by atoms with Crippen LogP contribution in [0, 0.1) is 0 Å². The number of methoxy groups -OCH3 is 1. The summed E-state index contributed by atoms with van der Waals surface area (Å²) in [6.45, 7) is 0. The topological polar surface area (TPSA) is 52.6 Å². The molecule has 0 bridgehead atoms. The van der Waals surface area contributed by atoms with Crippen LogP contribution in [0.5, 0.6) is 11.5 Å². The van der Waals surface area contributed by atoms with Crippen molar-refractivity contribution >= 4 is 28.2 Å². The fraction of sp³-hybridized carbons (Fsp3) is 0.125. The van der Waals surface area contributed by atoms with E-state index in [0.717, 1.165) is 16.3 Å². The predicted octanol–water partition coefficient (Wildman–Crippen LogP) is 3.77. The Balaban J connectivity index is 2.22. The van der Waals surface area contributed by atoms with Crippen molar-refractivity contribution in [3.8, 4) is 11.5 Å². The van der Waals surface area contributed by atoms with Crippen LogP contribution in [0.2, 0.25) is 0 Å². The summed E-state index contributed by atoms with van der Waals surface area (Å²) in [6, 6.07) is 12.3. The van der Waals surface area contributed by atoms with Crippen LogP contribution in [0.4, 0.5) is 0 Å². The summed E-state index contributed by atoms with van der Waals surface area (Å²) in [5.74, 6) is 0.703. The monoisotopic (exact) mass is 348 g/mol. The molecule has 0 aliphatic heterocycles. The molecular formula is C16H13BrO4. The molecule has 0 aromatic heterocycles. The Morgan fingerprint density at radius 2 is 2.05 bits per heavy atom. The number of carbonyl (C=O) groups is 2. The smallest absolute Gasteiger partial charge is 0.309 e. The number of hydrogen-bond donors (Lipinski definition) is 0. The molecule has 0 fully saturated rings. The summed E-state index contributed by atoms with van der Waals surface area (Å²) in [5, 5.41) is 0. The van der Waals surface area contributed by atoms with Crippen molar-refractivity contribution < 1.29 is 19.1 Å². The van der Waals surface area contributed by atoms with Gasteiger partial charge in [-0.2, -0.15) is 0 Å². The summed E-state index contributed by atoms with van der Waals surface area (Å²) < 4.78 is 11.1. The van der Waals surface area contributed by atoms with Gasteiger partial charge in [0.15, 0.2) is 6.29 Å². The van der Waals surface area contributed by atoms with Crippen LogP contribution < -0.4 is 4.74 Å². The molecule has 0 saturated heterocycles. The van der Waals surface area contributed by atoms with Gasteiger partial charge in [0.1, 0.15) is 11.5 Å². The van der Waals surface area contributed by atoms with E-state index >= 15 is 0 Å². The first-order valence-corrected chi connectivity index (χ1v) is 7.00. The van der Waals surface area contributed by atoms with Crippen molar-refractivity contribution in [1.82, 2.24) is 0 Å². The van der Waals surface area contributed by atoms with Crippen LogP contribution in [0.25, 0.3) is 0 Å². The summed E-state index contributed by atoms with van der Waals surface area (Å²) >= 11 is 3.30. The molecule has 0 atom stereocenters. The number of halogens is 1. The minimum absolute atomic E-state index is 0.175. The fourth-order valence-corrected chi connectivity index (χ4v) is 2.17. The standard InChI is InChI=1S/C16H13BrO4/c1-20-16(19)8-11-3-2-4-14(7-11)21-15-6-5-13(17)9-12(15)10-18/h2-7,9-10H,8H2,1H3. The van der Waals surface area contributed by atoms with Gasteiger partial charge < -0.3 is 9.47 Å². The van der Waals surface area contributed by atoms with E-state index in [-0.39, 0.29) is 12.4 Å². The first kappa shape index (κ1) is 15.3. The Bertz CT molecular complexity index is 667. The zero-order valence-corrected chi connectivity index (χ0v) is 12.9. The second-order valence-electron chi connectivity index (χ2n) is 4.30. The predicted molar refractivity (Wildman–Crippen MR) is 81.8 cm³/mol. The number of benzene rings is 2. The number of ether oxygens (including phenoxy) is 2. The molecule has 2 rings (SSSR count). The second-order valence-corrected chi connectivity index (χ2v) is 5.22. The lowest BCUT2D eigenvalue weighted by Crippen LogP contribution is -2.04. The lowest BCUT2D eigenvalue weighted by Gasteiger charge is -2.09. The molecule has 0 radical (unpaired) electrons. The van der Waals surface area contributed by atoms with E-state index in [1.807, 2.05) is 6.07 Å². The van der Waals surface area contributed by atoms with Crippen molar-refractivity contribution in [3.63, 3.8) is 0 Å². The summed E-state index contributed by atoms with van der Waals surface area (Å²) in [6.07, 6.45) is 0.910. The zero-order chi connectivity index (χ0) is 15.2. The zero-order valence-electron chi connectivity index (χ0n) is 11.3. The van der Waals surface area contributed by atoms with Gasteiger partial charge in [0.2, 0.25) is 0 Å². The Hall–Kier alpha value is -2.14. The molecule has 5 heteroatoms. The molecule has 108 valence electrons. The minimum Gasteiger partial charge on any atom is -0.469 e. The maximum absolute atomic E-state index is 11.3. The number of esters is 1. The maximum Gasteiger partial charge on any atom is 0.309 e. The van der Waals surface area contributed by atoms with Crippen molar-refractivity contribution in [1.29, 1.82) is 0 Å². The molecule has 0 amide bonds. The van der Waals surface area contributed by atoms with Crippen molar-refractivity contribution in [2.24, 2.45) is 0 Å². The maximum atomic E-state index is 11.3. The van der Waals surface area contributed by atoms with Gasteiger partial charge >= 0.3 is 5.97 Å². The third-order valence-corrected chi connectivity index (χ3v) is 3.29. The van der Waals surface area contributed by atoms with Crippen LogP contribution in [0.1, 0.15) is 15.9 Å². The van der Waals surface area contributed by atoms with Crippen LogP contribution in [-0.4, -0.2) is 19.4 Å². The van der Waals surface area contributed by atoms with E-state index in [4.69, 9.17) is 4.74 Å². The highest BCUT2D eigenvalue weighted by atomic mass is 79.9. The van der Waals surface area contributed by atoms with Gasteiger partial charge in [-0.05, 0) is 35.9 Å². The van der Waals surface area contributed by atoms with Crippen molar-refractivity contribution in [2.75, 3.05) is 7.11 Å². The largest absolute Gasteiger partial charge is 0.469 e. The number of hydrogen-bond acceptors (Lipinski definition) is 4. The number of aldehydes is 1. The molecule has 0 aliphatic rings. The SMILES string of the molecule is COC(=O)Cc1cccc(Oc2ccc(Br)cc2C=O)c1. The van der Waals surface area contributed by atoms with Gasteiger partial charge in [0.25, 0.3) is 0 Å². The lowest BCUT2D eigenvalue weighted by atomic mass is 10.1. The Labute approximate surface area is 130 Å². The molecule has 0 heterocycles. The van der Waals surface area contributed by atoms with E-state index in [1.54, 1.807) is 36.4 Å². The van der Waals surface area contributed by atoms with E-state index < -0.39 is 0 Å². The number of carbonyl (C=O) groups excluding carboxylic acids is 2. The van der Waals surface area contributed by atoms with E-state index in [1.165, 1.54) is 7.11 Å². The average molecular weight is 349 g/mol. The Morgan fingerprint density at radius 1 is 1.24 bits per heavy atom. The molecule has 0 unspecified atom stereocenters.